The molecule has 140 valence electrons. The van der Waals surface area contributed by atoms with Gasteiger partial charge in [-0.2, -0.15) is 0 Å². The van der Waals surface area contributed by atoms with Crippen LogP contribution in [0.4, 0.5) is 5.82 Å². The van der Waals surface area contributed by atoms with Crippen LogP contribution < -0.4 is 5.73 Å². The van der Waals surface area contributed by atoms with Gasteiger partial charge < -0.3 is 5.73 Å². The Kier molecular flexibility index (Phi) is 5.36. The molecule has 0 spiro atoms. The number of ketones is 1. The van der Waals surface area contributed by atoms with Gasteiger partial charge in [-0.3, -0.25) is 9.78 Å². The Hall–Kier alpha value is -2.62. The Balaban J connectivity index is 1.86. The van der Waals surface area contributed by atoms with Gasteiger partial charge in [0.15, 0.2) is 5.78 Å². The Morgan fingerprint density at radius 2 is 2.00 bits per heavy atom. The fraction of sp³-hybridized carbons (Fsp3) is 0.167. The van der Waals surface area contributed by atoms with Crippen molar-refractivity contribution < 1.29 is 13.2 Å². The van der Waals surface area contributed by atoms with Crippen LogP contribution in [0, 0.1) is 0 Å². The van der Waals surface area contributed by atoms with Crippen LogP contribution in [-0.4, -0.2) is 42.6 Å². The number of carbonyl (C=O) groups is 1. The second-order valence-electron chi connectivity index (χ2n) is 6.01. The molecule has 0 saturated heterocycles. The summed E-state index contributed by atoms with van der Waals surface area (Å²) in [6.07, 6.45) is 3.35. The molecule has 1 aromatic carbocycles. The van der Waals surface area contributed by atoms with E-state index in [0.29, 0.717) is 15.4 Å². The Labute approximate surface area is 161 Å². The summed E-state index contributed by atoms with van der Waals surface area (Å²) in [5.41, 5.74) is 7.31. The van der Waals surface area contributed by atoms with E-state index in [4.69, 9.17) is 5.73 Å². The molecule has 0 atom stereocenters. The summed E-state index contributed by atoms with van der Waals surface area (Å²) in [5.74, 6) is -0.0412. The maximum atomic E-state index is 12.7. The van der Waals surface area contributed by atoms with Gasteiger partial charge in [-0.1, -0.05) is 12.1 Å². The highest BCUT2D eigenvalue weighted by molar-refractivity contribution is 7.89. The number of hydrogen-bond acceptors (Lipinski definition) is 7. The van der Waals surface area contributed by atoms with Crippen LogP contribution in [0.15, 0.2) is 53.7 Å². The lowest BCUT2D eigenvalue weighted by Gasteiger charge is -2.12. The number of pyridine rings is 1. The van der Waals surface area contributed by atoms with Crippen LogP contribution in [0.2, 0.25) is 0 Å². The third kappa shape index (κ3) is 4.05. The molecule has 9 heteroatoms. The van der Waals surface area contributed by atoms with Crippen molar-refractivity contribution in [1.82, 2.24) is 14.3 Å². The molecule has 2 heterocycles. The van der Waals surface area contributed by atoms with Crippen molar-refractivity contribution in [2.45, 2.75) is 11.3 Å². The first-order valence-corrected chi connectivity index (χ1v) is 10.3. The second-order valence-corrected chi connectivity index (χ2v) is 9.16. The summed E-state index contributed by atoms with van der Waals surface area (Å²) in [5, 5.41) is 0.618. The maximum Gasteiger partial charge on any atom is 0.242 e. The molecule has 0 saturated carbocycles. The van der Waals surface area contributed by atoms with E-state index in [0.717, 1.165) is 9.87 Å². The van der Waals surface area contributed by atoms with E-state index < -0.39 is 10.0 Å². The van der Waals surface area contributed by atoms with Gasteiger partial charge in [0.1, 0.15) is 15.7 Å². The smallest absolute Gasteiger partial charge is 0.242 e. The summed E-state index contributed by atoms with van der Waals surface area (Å²) < 4.78 is 25.7. The highest BCUT2D eigenvalue weighted by Crippen LogP contribution is 2.30. The van der Waals surface area contributed by atoms with E-state index in [2.05, 4.69) is 9.97 Å². The number of carbonyl (C=O) groups excluding carboxylic acids is 1. The fourth-order valence-corrected chi connectivity index (χ4v) is 4.32. The van der Waals surface area contributed by atoms with Gasteiger partial charge in [-0.05, 0) is 29.8 Å². The lowest BCUT2D eigenvalue weighted by atomic mass is 10.1. The molecule has 27 heavy (non-hydrogen) atoms. The average molecular weight is 403 g/mol. The molecule has 0 fully saturated rings. The second kappa shape index (κ2) is 7.55. The minimum Gasteiger partial charge on any atom is -0.382 e. The quantitative estimate of drug-likeness (QED) is 0.635. The van der Waals surface area contributed by atoms with Crippen LogP contribution >= 0.6 is 11.3 Å². The fourth-order valence-electron chi connectivity index (χ4n) is 2.44. The molecular formula is C18H18N4O3S2. The third-order valence-electron chi connectivity index (χ3n) is 3.86. The number of Topliss-reactive ketones (excluding diaryl/α,β-unsaturated/α-hetero) is 1. The largest absolute Gasteiger partial charge is 0.382 e. The summed E-state index contributed by atoms with van der Waals surface area (Å²) in [4.78, 5) is 21.5. The number of nitrogens with zero attached hydrogens (tertiary/aromatic N) is 3. The molecule has 0 unspecified atom stereocenters. The predicted octanol–water partition coefficient (Wildman–Crippen LogP) is 2.46. The molecule has 0 aliphatic carbocycles. The Morgan fingerprint density at radius 1 is 1.22 bits per heavy atom. The molecule has 0 aliphatic heterocycles. The van der Waals surface area contributed by atoms with Crippen molar-refractivity contribution in [1.29, 1.82) is 0 Å². The van der Waals surface area contributed by atoms with Crippen LogP contribution in [-0.2, 0) is 16.4 Å². The zero-order valence-electron chi connectivity index (χ0n) is 14.8. The topological polar surface area (TPSA) is 106 Å². The number of nitrogen functional groups attached to an aromatic ring is 1. The van der Waals surface area contributed by atoms with Crippen LogP contribution in [0.25, 0.3) is 10.6 Å². The van der Waals surface area contributed by atoms with Gasteiger partial charge in [0.2, 0.25) is 10.0 Å². The molecule has 0 bridgehead atoms. The van der Waals surface area contributed by atoms with Crippen molar-refractivity contribution in [3.63, 3.8) is 0 Å². The predicted molar refractivity (Wildman–Crippen MR) is 105 cm³/mol. The van der Waals surface area contributed by atoms with Crippen molar-refractivity contribution in [3.05, 3.63) is 59.2 Å². The summed E-state index contributed by atoms with van der Waals surface area (Å²) in [7, 11) is -0.632. The number of benzene rings is 1. The Morgan fingerprint density at radius 3 is 2.67 bits per heavy atom. The lowest BCUT2D eigenvalue weighted by molar-refractivity contribution is 0.0997. The number of sulfonamides is 1. The first-order valence-electron chi connectivity index (χ1n) is 8.00. The number of aromatic nitrogens is 2. The minimum absolute atomic E-state index is 0.0374. The van der Waals surface area contributed by atoms with E-state index in [1.807, 2.05) is 6.07 Å². The molecule has 0 aliphatic rings. The number of anilines is 1. The number of thiazole rings is 1. The van der Waals surface area contributed by atoms with E-state index in [1.165, 1.54) is 37.6 Å². The molecule has 0 amide bonds. The van der Waals surface area contributed by atoms with Gasteiger partial charge in [0, 0.05) is 38.5 Å². The third-order valence-corrected chi connectivity index (χ3v) is 6.83. The van der Waals surface area contributed by atoms with E-state index in [9.17, 15) is 13.2 Å². The maximum absolute atomic E-state index is 12.7. The standard InChI is InChI=1S/C18H18N4O3S2/c1-22(2)27(24,25)14-7-3-5-12(9-14)10-15(23)16-17(19)21-18(26-16)13-6-4-8-20-11-13/h3-9,11H,10,19H2,1-2H3. The zero-order chi connectivity index (χ0) is 19.6. The molecular weight excluding hydrogens is 384 g/mol. The van der Waals surface area contributed by atoms with Gasteiger partial charge in [-0.25, -0.2) is 17.7 Å². The lowest BCUT2D eigenvalue weighted by Crippen LogP contribution is -2.22. The van der Waals surface area contributed by atoms with Crippen molar-refractivity contribution in [2.24, 2.45) is 0 Å². The van der Waals surface area contributed by atoms with Gasteiger partial charge in [-0.15, -0.1) is 11.3 Å². The summed E-state index contributed by atoms with van der Waals surface area (Å²) >= 11 is 1.20. The molecule has 3 aromatic rings. The van der Waals surface area contributed by atoms with E-state index in [1.54, 1.807) is 30.6 Å². The average Bonchev–Trinajstić information content (AvgIpc) is 3.04. The molecule has 3 rings (SSSR count). The Bertz CT molecular complexity index is 1080. The normalized spacial score (nSPS) is 11.7. The van der Waals surface area contributed by atoms with Crippen LogP contribution in [0.1, 0.15) is 15.2 Å². The molecule has 7 nitrogen and oxygen atoms in total. The molecule has 0 radical (unpaired) electrons. The van der Waals surface area contributed by atoms with Crippen LogP contribution in [0.3, 0.4) is 0 Å². The van der Waals surface area contributed by atoms with E-state index in [-0.39, 0.29) is 22.9 Å². The minimum atomic E-state index is -3.56. The highest BCUT2D eigenvalue weighted by Gasteiger charge is 2.20. The SMILES string of the molecule is CN(C)S(=O)(=O)c1cccc(CC(=O)c2sc(-c3cccnc3)nc2N)c1. The summed E-state index contributed by atoms with van der Waals surface area (Å²) in [6.45, 7) is 0. The van der Waals surface area contributed by atoms with Gasteiger partial charge >= 0.3 is 0 Å². The highest BCUT2D eigenvalue weighted by atomic mass is 32.2. The molecule has 2 aromatic heterocycles. The molecule has 2 N–H and O–H groups in total. The number of nitrogens with two attached hydrogens (primary N) is 1. The monoisotopic (exact) mass is 402 g/mol. The summed E-state index contributed by atoms with van der Waals surface area (Å²) in [6, 6.07) is 9.97. The first kappa shape index (κ1) is 19.2. The van der Waals surface area contributed by atoms with Crippen LogP contribution in [0.5, 0.6) is 0 Å². The number of rotatable bonds is 6. The van der Waals surface area contributed by atoms with Gasteiger partial charge in [0.05, 0.1) is 4.90 Å². The van der Waals surface area contributed by atoms with Crippen molar-refractivity contribution >= 4 is 33.0 Å². The van der Waals surface area contributed by atoms with E-state index >= 15 is 0 Å². The van der Waals surface area contributed by atoms with Crippen molar-refractivity contribution in [2.75, 3.05) is 19.8 Å². The van der Waals surface area contributed by atoms with Crippen molar-refractivity contribution in [3.8, 4) is 10.6 Å². The first-order chi connectivity index (χ1) is 12.8. The zero-order valence-corrected chi connectivity index (χ0v) is 16.4. The van der Waals surface area contributed by atoms with Gasteiger partial charge in [0.25, 0.3) is 0 Å². The number of hydrogen-bond donors (Lipinski definition) is 1.